The van der Waals surface area contributed by atoms with Crippen molar-refractivity contribution in [3.8, 4) is 0 Å². The van der Waals surface area contributed by atoms with Crippen LogP contribution in [0.2, 0.25) is 0 Å². The zero-order valence-corrected chi connectivity index (χ0v) is 10.9. The number of aryl methyl sites for hydroxylation is 1. The van der Waals surface area contributed by atoms with Crippen molar-refractivity contribution in [1.29, 1.82) is 0 Å². The lowest BCUT2D eigenvalue weighted by molar-refractivity contribution is 0.0602. The van der Waals surface area contributed by atoms with Gasteiger partial charge in [-0.1, -0.05) is 0 Å². The normalized spacial score (nSPS) is 10.1. The third-order valence-corrected chi connectivity index (χ3v) is 2.91. The van der Waals surface area contributed by atoms with Gasteiger partial charge in [0.15, 0.2) is 0 Å². The van der Waals surface area contributed by atoms with Crippen LogP contribution in [0, 0.1) is 6.92 Å². The maximum atomic E-state index is 11.6. The topological polar surface area (TPSA) is 55.6 Å². The zero-order valence-electron chi connectivity index (χ0n) is 10.9. The molecule has 4 heteroatoms. The summed E-state index contributed by atoms with van der Waals surface area (Å²) >= 11 is 0. The smallest absolute Gasteiger partial charge is 0.340 e. The summed E-state index contributed by atoms with van der Waals surface area (Å²) in [5, 5.41) is 0. The van der Waals surface area contributed by atoms with Crippen molar-refractivity contribution < 1.29 is 9.53 Å². The Balaban J connectivity index is 3.27. The molecule has 0 spiro atoms. The fourth-order valence-electron chi connectivity index (χ4n) is 1.83. The number of methoxy groups -OCH3 is 1. The maximum absolute atomic E-state index is 11.6. The van der Waals surface area contributed by atoms with Gasteiger partial charge in [0.1, 0.15) is 0 Å². The molecule has 0 radical (unpaired) electrons. The Hall–Kier alpha value is -1.71. The molecule has 0 heterocycles. The minimum Gasteiger partial charge on any atom is -0.465 e. The van der Waals surface area contributed by atoms with Crippen molar-refractivity contribution >= 4 is 17.3 Å². The summed E-state index contributed by atoms with van der Waals surface area (Å²) in [5.41, 5.74) is 8.72. The van der Waals surface area contributed by atoms with Crippen LogP contribution in [0.4, 0.5) is 11.4 Å². The summed E-state index contributed by atoms with van der Waals surface area (Å²) in [5.74, 6) is -0.389. The van der Waals surface area contributed by atoms with E-state index in [1.54, 1.807) is 6.07 Å². The number of hydrogen-bond donors (Lipinski definition) is 1. The van der Waals surface area contributed by atoms with E-state index in [4.69, 9.17) is 10.5 Å². The summed E-state index contributed by atoms with van der Waals surface area (Å²) in [6.45, 7) is 7.83. The number of rotatable bonds is 4. The lowest BCUT2D eigenvalue weighted by Crippen LogP contribution is -2.22. The molecule has 1 aromatic rings. The van der Waals surface area contributed by atoms with Gasteiger partial charge in [-0.15, -0.1) is 0 Å². The highest BCUT2D eigenvalue weighted by atomic mass is 16.5. The number of nitrogen functional groups attached to an aromatic ring is 1. The number of nitrogens with two attached hydrogens (primary N) is 1. The molecule has 0 fully saturated rings. The van der Waals surface area contributed by atoms with Crippen molar-refractivity contribution in [1.82, 2.24) is 0 Å². The van der Waals surface area contributed by atoms with E-state index in [0.29, 0.717) is 11.3 Å². The number of benzene rings is 1. The third-order valence-electron chi connectivity index (χ3n) is 2.91. The minimum atomic E-state index is -0.389. The number of ether oxygens (including phenoxy) is 1. The summed E-state index contributed by atoms with van der Waals surface area (Å²) < 4.78 is 4.74. The standard InChI is InChI=1S/C13H20N2O2/c1-5-15(6-2)10-7-9(3)12(14)11(8-10)13(16)17-4/h7-8H,5-6,14H2,1-4H3. The van der Waals surface area contributed by atoms with E-state index >= 15 is 0 Å². The highest BCUT2D eigenvalue weighted by molar-refractivity contribution is 5.97. The number of carbonyl (C=O) groups excluding carboxylic acids is 1. The minimum absolute atomic E-state index is 0.389. The van der Waals surface area contributed by atoms with Crippen LogP contribution in [0.1, 0.15) is 29.8 Å². The van der Waals surface area contributed by atoms with Crippen LogP contribution in [0.15, 0.2) is 12.1 Å². The van der Waals surface area contributed by atoms with Crippen molar-refractivity contribution in [3.05, 3.63) is 23.3 Å². The lowest BCUT2D eigenvalue weighted by Gasteiger charge is -2.22. The summed E-state index contributed by atoms with van der Waals surface area (Å²) in [6.07, 6.45) is 0. The Kier molecular flexibility index (Phi) is 4.37. The Morgan fingerprint density at radius 1 is 1.35 bits per heavy atom. The summed E-state index contributed by atoms with van der Waals surface area (Å²) in [7, 11) is 1.36. The molecule has 0 saturated carbocycles. The molecule has 4 nitrogen and oxygen atoms in total. The molecule has 17 heavy (non-hydrogen) atoms. The van der Waals surface area contributed by atoms with Crippen molar-refractivity contribution in [2.45, 2.75) is 20.8 Å². The number of nitrogens with zero attached hydrogens (tertiary/aromatic N) is 1. The van der Waals surface area contributed by atoms with Crippen LogP contribution in [0.25, 0.3) is 0 Å². The van der Waals surface area contributed by atoms with Gasteiger partial charge in [-0.3, -0.25) is 0 Å². The first-order valence-corrected chi connectivity index (χ1v) is 5.78. The fourth-order valence-corrected chi connectivity index (χ4v) is 1.83. The van der Waals surface area contributed by atoms with Crippen LogP contribution in [-0.2, 0) is 4.74 Å². The summed E-state index contributed by atoms with van der Waals surface area (Å²) in [6, 6.07) is 3.79. The lowest BCUT2D eigenvalue weighted by atomic mass is 10.1. The number of carbonyl (C=O) groups is 1. The molecule has 0 unspecified atom stereocenters. The van der Waals surface area contributed by atoms with E-state index in [-0.39, 0.29) is 5.97 Å². The summed E-state index contributed by atoms with van der Waals surface area (Å²) in [4.78, 5) is 13.8. The molecule has 1 rings (SSSR count). The largest absolute Gasteiger partial charge is 0.465 e. The van der Waals surface area contributed by atoms with Crippen molar-refractivity contribution in [2.75, 3.05) is 30.8 Å². The molecule has 0 atom stereocenters. The number of anilines is 2. The molecule has 0 aromatic heterocycles. The van der Waals surface area contributed by atoms with Crippen LogP contribution < -0.4 is 10.6 Å². The third kappa shape index (κ3) is 2.70. The molecule has 0 aliphatic rings. The SMILES string of the molecule is CCN(CC)c1cc(C)c(N)c(C(=O)OC)c1. The first-order chi connectivity index (χ1) is 8.04. The molecular formula is C13H20N2O2. The zero-order chi connectivity index (χ0) is 13.0. The second-order valence-corrected chi connectivity index (χ2v) is 3.89. The van der Waals surface area contributed by atoms with E-state index in [0.717, 1.165) is 24.3 Å². The first kappa shape index (κ1) is 13.4. The molecule has 0 amide bonds. The molecule has 94 valence electrons. The molecule has 0 aliphatic carbocycles. The number of esters is 1. The predicted octanol–water partition coefficient (Wildman–Crippen LogP) is 2.21. The van der Waals surface area contributed by atoms with E-state index in [1.807, 2.05) is 13.0 Å². The molecule has 2 N–H and O–H groups in total. The van der Waals surface area contributed by atoms with Gasteiger partial charge in [-0.2, -0.15) is 0 Å². The second kappa shape index (κ2) is 5.57. The molecule has 0 saturated heterocycles. The monoisotopic (exact) mass is 236 g/mol. The van der Waals surface area contributed by atoms with E-state index in [9.17, 15) is 4.79 Å². The highest BCUT2D eigenvalue weighted by Gasteiger charge is 2.15. The maximum Gasteiger partial charge on any atom is 0.340 e. The van der Waals surface area contributed by atoms with Gasteiger partial charge in [0.2, 0.25) is 0 Å². The van der Waals surface area contributed by atoms with Crippen LogP contribution in [-0.4, -0.2) is 26.2 Å². The Morgan fingerprint density at radius 2 is 1.94 bits per heavy atom. The van der Waals surface area contributed by atoms with Gasteiger partial charge in [-0.05, 0) is 38.5 Å². The molecule has 1 aromatic carbocycles. The van der Waals surface area contributed by atoms with Crippen molar-refractivity contribution in [3.63, 3.8) is 0 Å². The Bertz CT molecular complexity index is 412. The predicted molar refractivity (Wildman–Crippen MR) is 70.5 cm³/mol. The van der Waals surface area contributed by atoms with E-state index in [1.165, 1.54) is 7.11 Å². The Labute approximate surface area is 102 Å². The van der Waals surface area contributed by atoms with Crippen molar-refractivity contribution in [2.24, 2.45) is 0 Å². The van der Waals surface area contributed by atoms with E-state index in [2.05, 4.69) is 18.7 Å². The average molecular weight is 236 g/mol. The van der Waals surface area contributed by atoms with Gasteiger partial charge in [0.25, 0.3) is 0 Å². The Morgan fingerprint density at radius 3 is 2.41 bits per heavy atom. The van der Waals surface area contributed by atoms with E-state index < -0.39 is 0 Å². The first-order valence-electron chi connectivity index (χ1n) is 5.78. The fraction of sp³-hybridized carbons (Fsp3) is 0.462. The van der Waals surface area contributed by atoms with Gasteiger partial charge in [0.05, 0.1) is 12.7 Å². The average Bonchev–Trinajstić information content (AvgIpc) is 2.33. The highest BCUT2D eigenvalue weighted by Crippen LogP contribution is 2.25. The van der Waals surface area contributed by atoms with Crippen LogP contribution in [0.5, 0.6) is 0 Å². The second-order valence-electron chi connectivity index (χ2n) is 3.89. The molecular weight excluding hydrogens is 216 g/mol. The van der Waals surface area contributed by atoms with Crippen LogP contribution >= 0.6 is 0 Å². The van der Waals surface area contributed by atoms with Gasteiger partial charge in [-0.25, -0.2) is 4.79 Å². The molecule has 0 bridgehead atoms. The van der Waals surface area contributed by atoms with Gasteiger partial charge < -0.3 is 15.4 Å². The van der Waals surface area contributed by atoms with Crippen LogP contribution in [0.3, 0.4) is 0 Å². The number of hydrogen-bond acceptors (Lipinski definition) is 4. The van der Waals surface area contributed by atoms with Gasteiger partial charge in [0, 0.05) is 24.5 Å². The van der Waals surface area contributed by atoms with Gasteiger partial charge >= 0.3 is 5.97 Å². The quantitative estimate of drug-likeness (QED) is 0.643. The molecule has 0 aliphatic heterocycles.